The molecule has 0 saturated heterocycles. The van der Waals surface area contributed by atoms with Crippen LogP contribution in [0.25, 0.3) is 11.0 Å². The lowest BCUT2D eigenvalue weighted by Gasteiger charge is -2.27. The van der Waals surface area contributed by atoms with Crippen LogP contribution < -0.4 is 5.32 Å². The first kappa shape index (κ1) is 19.5. The molecule has 6 heteroatoms. The van der Waals surface area contributed by atoms with Gasteiger partial charge in [0.2, 0.25) is 0 Å². The maximum Gasteiger partial charge on any atom is 0.251 e. The predicted molar refractivity (Wildman–Crippen MR) is 121 cm³/mol. The minimum Gasteiger partial charge on any atom is -0.352 e. The van der Waals surface area contributed by atoms with Crippen LogP contribution in [0.15, 0.2) is 67.3 Å². The molecule has 4 aromatic rings. The molecule has 1 amide bonds. The molecule has 2 N–H and O–H groups in total. The van der Waals surface area contributed by atoms with Crippen LogP contribution in [0.3, 0.4) is 0 Å². The molecule has 31 heavy (non-hydrogen) atoms. The number of rotatable bonds is 6. The molecule has 1 saturated carbocycles. The normalized spacial score (nSPS) is 18.8. The molecule has 1 aliphatic carbocycles. The van der Waals surface area contributed by atoms with E-state index in [0.29, 0.717) is 17.4 Å². The van der Waals surface area contributed by atoms with Gasteiger partial charge in [-0.1, -0.05) is 24.3 Å². The van der Waals surface area contributed by atoms with Gasteiger partial charge >= 0.3 is 0 Å². The number of aromatic nitrogens is 4. The van der Waals surface area contributed by atoms with Gasteiger partial charge in [0.25, 0.3) is 5.91 Å². The Morgan fingerprint density at radius 1 is 1.06 bits per heavy atom. The molecule has 2 aromatic heterocycles. The number of carbonyl (C=O) groups excluding carboxylic acids is 1. The number of nitrogens with one attached hydrogen (secondary N) is 2. The molecule has 1 aliphatic rings. The number of nitrogens with zero attached hydrogens (tertiary/aromatic N) is 3. The lowest BCUT2D eigenvalue weighted by atomic mass is 9.81. The summed E-state index contributed by atoms with van der Waals surface area (Å²) in [6.45, 7) is 1.50. The first-order valence-electron chi connectivity index (χ1n) is 11.0. The number of hydrogen-bond acceptors (Lipinski definition) is 3. The van der Waals surface area contributed by atoms with Crippen molar-refractivity contribution < 1.29 is 4.79 Å². The highest BCUT2D eigenvalue weighted by molar-refractivity contribution is 5.94. The number of amides is 1. The van der Waals surface area contributed by atoms with Crippen LogP contribution in [0, 0.1) is 5.92 Å². The Morgan fingerprint density at radius 3 is 2.61 bits per heavy atom. The lowest BCUT2D eigenvalue weighted by molar-refractivity contribution is 0.0942. The predicted octanol–water partition coefficient (Wildman–Crippen LogP) is 4.51. The van der Waals surface area contributed by atoms with Gasteiger partial charge in [-0.3, -0.25) is 4.79 Å². The summed E-state index contributed by atoms with van der Waals surface area (Å²) in [6.07, 6.45) is 9.96. The average molecular weight is 414 g/mol. The summed E-state index contributed by atoms with van der Waals surface area (Å²) >= 11 is 0. The Balaban J connectivity index is 1.10. The highest BCUT2D eigenvalue weighted by atomic mass is 16.1. The van der Waals surface area contributed by atoms with Crippen LogP contribution in [0.5, 0.6) is 0 Å². The van der Waals surface area contributed by atoms with Crippen molar-refractivity contribution in [2.24, 2.45) is 5.92 Å². The molecule has 2 aromatic carbocycles. The van der Waals surface area contributed by atoms with Crippen LogP contribution in [0.1, 0.15) is 53.3 Å². The number of hydrogen-bond donors (Lipinski definition) is 2. The summed E-state index contributed by atoms with van der Waals surface area (Å²) < 4.78 is 2.01. The quantitative estimate of drug-likeness (QED) is 0.488. The van der Waals surface area contributed by atoms with Crippen molar-refractivity contribution in [1.82, 2.24) is 24.8 Å². The van der Waals surface area contributed by atoms with Crippen molar-refractivity contribution in [2.75, 3.05) is 6.54 Å². The molecule has 0 spiro atoms. The van der Waals surface area contributed by atoms with Gasteiger partial charge in [-0.15, -0.1) is 0 Å². The minimum absolute atomic E-state index is 0.00795. The number of benzene rings is 2. The number of H-pyrrole nitrogens is 1. The molecule has 5 rings (SSSR count). The van der Waals surface area contributed by atoms with Crippen LogP contribution in [0.2, 0.25) is 0 Å². The van der Waals surface area contributed by atoms with E-state index in [9.17, 15) is 4.79 Å². The van der Waals surface area contributed by atoms with E-state index >= 15 is 0 Å². The second-order valence-electron chi connectivity index (χ2n) is 8.50. The monoisotopic (exact) mass is 413 g/mol. The Kier molecular flexibility index (Phi) is 5.52. The van der Waals surface area contributed by atoms with Gasteiger partial charge in [-0.2, -0.15) is 0 Å². The van der Waals surface area contributed by atoms with Crippen molar-refractivity contribution in [3.8, 4) is 0 Å². The third-order valence-corrected chi connectivity index (χ3v) is 6.33. The number of imidazole rings is 2. The zero-order chi connectivity index (χ0) is 21.0. The van der Waals surface area contributed by atoms with E-state index < -0.39 is 0 Å². The molecule has 0 atom stereocenters. The lowest BCUT2D eigenvalue weighted by Crippen LogP contribution is -2.31. The summed E-state index contributed by atoms with van der Waals surface area (Å²) in [5.41, 5.74) is 4.02. The van der Waals surface area contributed by atoms with Crippen molar-refractivity contribution in [1.29, 1.82) is 0 Å². The van der Waals surface area contributed by atoms with Crippen LogP contribution >= 0.6 is 0 Å². The fraction of sp³-hybridized carbons (Fsp3) is 0.320. The highest BCUT2D eigenvalue weighted by Gasteiger charge is 2.25. The van der Waals surface area contributed by atoms with E-state index in [4.69, 9.17) is 4.98 Å². The fourth-order valence-corrected chi connectivity index (χ4v) is 4.50. The minimum atomic E-state index is 0.00795. The highest BCUT2D eigenvalue weighted by Crippen LogP contribution is 2.35. The van der Waals surface area contributed by atoms with Crippen LogP contribution in [0.4, 0.5) is 0 Å². The first-order chi connectivity index (χ1) is 15.2. The van der Waals surface area contributed by atoms with Gasteiger partial charge in [0.15, 0.2) is 0 Å². The second-order valence-corrected chi connectivity index (χ2v) is 8.50. The van der Waals surface area contributed by atoms with Crippen molar-refractivity contribution >= 4 is 16.9 Å². The first-order valence-corrected chi connectivity index (χ1v) is 11.0. The number of aromatic amines is 1. The van der Waals surface area contributed by atoms with E-state index in [0.717, 1.165) is 61.2 Å². The molecule has 2 heterocycles. The Labute approximate surface area is 181 Å². The molecule has 0 bridgehead atoms. The molecule has 0 radical (unpaired) electrons. The summed E-state index contributed by atoms with van der Waals surface area (Å²) in [5.74, 6) is 2.14. The molecular formula is C25H27N5O. The van der Waals surface area contributed by atoms with Crippen LogP contribution in [-0.2, 0) is 6.54 Å². The zero-order valence-electron chi connectivity index (χ0n) is 17.5. The molecular weight excluding hydrogens is 386 g/mol. The van der Waals surface area contributed by atoms with Gasteiger partial charge in [0.05, 0.1) is 17.4 Å². The van der Waals surface area contributed by atoms with Crippen molar-refractivity contribution in [3.63, 3.8) is 0 Å². The van der Waals surface area contributed by atoms with Crippen LogP contribution in [-0.4, -0.2) is 32.0 Å². The van der Waals surface area contributed by atoms with E-state index in [-0.39, 0.29) is 5.91 Å². The second kappa shape index (κ2) is 8.76. The van der Waals surface area contributed by atoms with Crippen molar-refractivity contribution in [2.45, 2.75) is 38.1 Å². The summed E-state index contributed by atoms with van der Waals surface area (Å²) in [4.78, 5) is 24.9. The Bertz CT molecular complexity index is 1110. The van der Waals surface area contributed by atoms with Gasteiger partial charge in [-0.05, 0) is 61.4 Å². The smallest absolute Gasteiger partial charge is 0.251 e. The van der Waals surface area contributed by atoms with E-state index in [1.807, 2.05) is 47.2 Å². The standard InChI is InChI=1S/C25H27N5O/c31-25(21-11-7-19(8-12-21)16-30-14-13-26-17-30)27-15-18-5-9-20(10-6-18)24-28-22-3-1-2-4-23(22)29-24/h1-4,7-8,11-14,17-18,20H,5-6,9-10,15-16H2,(H,27,31)(H,28,29). The largest absolute Gasteiger partial charge is 0.352 e. The zero-order valence-corrected chi connectivity index (χ0v) is 17.5. The summed E-state index contributed by atoms with van der Waals surface area (Å²) in [7, 11) is 0. The molecule has 0 aliphatic heterocycles. The number of para-hydroxylation sites is 2. The fourth-order valence-electron chi connectivity index (χ4n) is 4.50. The Morgan fingerprint density at radius 2 is 1.87 bits per heavy atom. The summed E-state index contributed by atoms with van der Waals surface area (Å²) in [6, 6.07) is 16.0. The van der Waals surface area contributed by atoms with Gasteiger partial charge in [0.1, 0.15) is 5.82 Å². The molecule has 1 fully saturated rings. The third kappa shape index (κ3) is 4.53. The van der Waals surface area contributed by atoms with E-state index in [1.54, 1.807) is 12.5 Å². The van der Waals surface area contributed by atoms with E-state index in [1.165, 1.54) is 0 Å². The maximum absolute atomic E-state index is 12.6. The summed E-state index contributed by atoms with van der Waals surface area (Å²) in [5, 5.41) is 3.13. The Hall–Kier alpha value is -3.41. The van der Waals surface area contributed by atoms with Gasteiger partial charge in [-0.25, -0.2) is 9.97 Å². The maximum atomic E-state index is 12.6. The molecule has 0 unspecified atom stereocenters. The van der Waals surface area contributed by atoms with Gasteiger partial charge in [0, 0.05) is 37.0 Å². The van der Waals surface area contributed by atoms with Crippen molar-refractivity contribution in [3.05, 3.63) is 84.2 Å². The average Bonchev–Trinajstić information content (AvgIpc) is 3.48. The molecule has 6 nitrogen and oxygen atoms in total. The third-order valence-electron chi connectivity index (χ3n) is 6.33. The van der Waals surface area contributed by atoms with Gasteiger partial charge < -0.3 is 14.9 Å². The van der Waals surface area contributed by atoms with E-state index in [2.05, 4.69) is 27.4 Å². The SMILES string of the molecule is O=C(NCC1CCC(c2nc3ccccc3[nH]2)CC1)c1ccc(Cn2ccnc2)cc1. The number of carbonyl (C=O) groups is 1. The number of fused-ring (bicyclic) bond motifs is 1. The molecule has 158 valence electrons. The topological polar surface area (TPSA) is 75.6 Å².